The smallest absolute Gasteiger partial charge is 0.232 e. The third-order valence-electron chi connectivity index (χ3n) is 2.26. The first-order valence-corrected chi connectivity index (χ1v) is 8.10. The molecule has 0 aliphatic rings. The summed E-state index contributed by atoms with van der Waals surface area (Å²) in [5.74, 6) is 1.47. The minimum atomic E-state index is -0.125. The van der Waals surface area contributed by atoms with E-state index in [-0.39, 0.29) is 12.3 Å². The van der Waals surface area contributed by atoms with Crippen LogP contribution in [0.3, 0.4) is 0 Å². The fraction of sp³-hybridized carbons (Fsp3) is 0.385. The highest BCUT2D eigenvalue weighted by atomic mass is 32.2. The largest absolute Gasteiger partial charge is 0.300 e. The molecule has 20 heavy (non-hydrogen) atoms. The van der Waals surface area contributed by atoms with Crippen molar-refractivity contribution in [2.24, 2.45) is 5.92 Å². The molecule has 0 fully saturated rings. The maximum Gasteiger partial charge on any atom is 0.232 e. The van der Waals surface area contributed by atoms with Crippen molar-refractivity contribution in [2.45, 2.75) is 24.6 Å². The lowest BCUT2D eigenvalue weighted by atomic mass is 10.2. The number of carbonyl (C=O) groups is 1. The molecule has 0 spiro atoms. The lowest BCUT2D eigenvalue weighted by Crippen LogP contribution is -2.14. The second-order valence-electron chi connectivity index (χ2n) is 4.62. The van der Waals surface area contributed by atoms with Crippen molar-refractivity contribution in [1.29, 1.82) is 0 Å². The van der Waals surface area contributed by atoms with Crippen molar-refractivity contribution in [3.8, 4) is 0 Å². The monoisotopic (exact) mass is 308 g/mol. The predicted octanol–water partition coefficient (Wildman–Crippen LogP) is 2.86. The minimum Gasteiger partial charge on any atom is -0.300 e. The van der Waals surface area contributed by atoms with Crippen LogP contribution in [0.5, 0.6) is 0 Å². The van der Waals surface area contributed by atoms with Gasteiger partial charge < -0.3 is 5.32 Å². The van der Waals surface area contributed by atoms with Crippen molar-refractivity contribution in [3.05, 3.63) is 30.1 Å². The molecule has 0 aliphatic heterocycles. The van der Waals surface area contributed by atoms with Crippen LogP contribution in [0, 0.1) is 5.92 Å². The summed E-state index contributed by atoms with van der Waals surface area (Å²) in [5, 5.41) is 11.3. The maximum absolute atomic E-state index is 11.8. The highest BCUT2D eigenvalue weighted by Gasteiger charge is 2.10. The average Bonchev–Trinajstić information content (AvgIpc) is 2.85. The van der Waals surface area contributed by atoms with Gasteiger partial charge in [-0.05, 0) is 18.1 Å². The molecule has 2 aromatic heterocycles. The van der Waals surface area contributed by atoms with E-state index in [1.54, 1.807) is 18.0 Å². The van der Waals surface area contributed by atoms with Crippen LogP contribution < -0.4 is 5.32 Å². The number of rotatable bonds is 6. The minimum absolute atomic E-state index is 0.125. The fourth-order valence-electron chi connectivity index (χ4n) is 1.39. The number of anilines is 1. The number of pyridine rings is 1. The molecule has 0 radical (unpaired) electrons. The van der Waals surface area contributed by atoms with Crippen LogP contribution in [0.1, 0.15) is 19.5 Å². The number of amides is 1. The number of aromatic nitrogens is 3. The molecule has 7 heteroatoms. The van der Waals surface area contributed by atoms with Gasteiger partial charge in [0, 0.05) is 17.6 Å². The van der Waals surface area contributed by atoms with Gasteiger partial charge in [0.05, 0.1) is 6.42 Å². The summed E-state index contributed by atoms with van der Waals surface area (Å²) in [4.78, 5) is 16.0. The summed E-state index contributed by atoms with van der Waals surface area (Å²) in [5.41, 5.74) is 0.740. The summed E-state index contributed by atoms with van der Waals surface area (Å²) >= 11 is 3.06. The predicted molar refractivity (Wildman–Crippen MR) is 82.0 cm³/mol. The SMILES string of the molecule is CC(C)CSc1nnc(NC(=O)Cc2ccccn2)s1. The van der Waals surface area contributed by atoms with Crippen molar-refractivity contribution in [1.82, 2.24) is 15.2 Å². The number of carbonyl (C=O) groups excluding carboxylic acids is 1. The van der Waals surface area contributed by atoms with Crippen LogP contribution in [-0.4, -0.2) is 26.8 Å². The third-order valence-corrected chi connectivity index (χ3v) is 4.66. The topological polar surface area (TPSA) is 67.8 Å². The first kappa shape index (κ1) is 14.9. The standard InChI is InChI=1S/C13H16N4OS2/c1-9(2)8-19-13-17-16-12(20-13)15-11(18)7-10-5-3-4-6-14-10/h3-6,9H,7-8H2,1-2H3,(H,15,16,18). The summed E-state index contributed by atoms with van der Waals surface area (Å²) < 4.78 is 0.881. The normalized spacial score (nSPS) is 10.8. The van der Waals surface area contributed by atoms with E-state index in [9.17, 15) is 4.79 Å². The van der Waals surface area contributed by atoms with Gasteiger partial charge in [-0.25, -0.2) is 0 Å². The first-order valence-electron chi connectivity index (χ1n) is 6.29. The van der Waals surface area contributed by atoms with Crippen LogP contribution in [0.2, 0.25) is 0 Å². The third kappa shape index (κ3) is 4.90. The van der Waals surface area contributed by atoms with Crippen molar-refractivity contribution in [3.63, 3.8) is 0 Å². The molecule has 0 atom stereocenters. The zero-order valence-electron chi connectivity index (χ0n) is 11.4. The van der Waals surface area contributed by atoms with Crippen LogP contribution >= 0.6 is 23.1 Å². The summed E-state index contributed by atoms with van der Waals surface area (Å²) in [6.45, 7) is 4.31. The van der Waals surface area contributed by atoms with Crippen LogP contribution in [0.4, 0.5) is 5.13 Å². The lowest BCUT2D eigenvalue weighted by Gasteiger charge is -2.00. The van der Waals surface area contributed by atoms with Gasteiger partial charge in [0.25, 0.3) is 0 Å². The molecule has 0 aromatic carbocycles. The average molecular weight is 308 g/mol. The van der Waals surface area contributed by atoms with E-state index in [1.807, 2.05) is 18.2 Å². The Morgan fingerprint density at radius 3 is 2.95 bits per heavy atom. The van der Waals surface area contributed by atoms with Gasteiger partial charge in [-0.2, -0.15) is 0 Å². The van der Waals surface area contributed by atoms with E-state index in [2.05, 4.69) is 34.3 Å². The number of hydrogen-bond acceptors (Lipinski definition) is 6. The zero-order chi connectivity index (χ0) is 14.4. The van der Waals surface area contributed by atoms with Gasteiger partial charge in [-0.1, -0.05) is 43.0 Å². The molecule has 0 aliphatic carbocycles. The van der Waals surface area contributed by atoms with Gasteiger partial charge in [-0.15, -0.1) is 10.2 Å². The van der Waals surface area contributed by atoms with Gasteiger partial charge in [0.1, 0.15) is 0 Å². The molecule has 2 heterocycles. The second-order valence-corrected chi connectivity index (χ2v) is 6.87. The Bertz CT molecular complexity index is 557. The molecule has 1 N–H and O–H groups in total. The maximum atomic E-state index is 11.8. The molecular formula is C13H16N4OS2. The van der Waals surface area contributed by atoms with Crippen molar-refractivity contribution >= 4 is 34.1 Å². The molecule has 106 valence electrons. The molecule has 2 aromatic rings. The summed E-state index contributed by atoms with van der Waals surface area (Å²) in [7, 11) is 0. The molecule has 2 rings (SSSR count). The fourth-order valence-corrected chi connectivity index (χ4v) is 3.13. The Hall–Kier alpha value is -1.47. The Balaban J connectivity index is 1.85. The van der Waals surface area contributed by atoms with E-state index >= 15 is 0 Å². The Labute approximate surface area is 126 Å². The van der Waals surface area contributed by atoms with E-state index < -0.39 is 0 Å². The van der Waals surface area contributed by atoms with E-state index in [1.165, 1.54) is 11.3 Å². The molecular weight excluding hydrogens is 292 g/mol. The molecule has 0 bridgehead atoms. The molecule has 0 saturated heterocycles. The quantitative estimate of drug-likeness (QED) is 0.656. The first-order chi connectivity index (χ1) is 9.63. The molecule has 0 saturated carbocycles. The zero-order valence-corrected chi connectivity index (χ0v) is 13.0. The Morgan fingerprint density at radius 2 is 2.25 bits per heavy atom. The van der Waals surface area contributed by atoms with Crippen LogP contribution in [-0.2, 0) is 11.2 Å². The number of thioether (sulfide) groups is 1. The van der Waals surface area contributed by atoms with Crippen molar-refractivity contribution in [2.75, 3.05) is 11.1 Å². The van der Waals surface area contributed by atoms with E-state index in [0.29, 0.717) is 11.0 Å². The summed E-state index contributed by atoms with van der Waals surface area (Å²) in [6, 6.07) is 5.51. The van der Waals surface area contributed by atoms with E-state index in [0.717, 1.165) is 15.8 Å². The van der Waals surface area contributed by atoms with Gasteiger partial charge in [-0.3, -0.25) is 9.78 Å². The highest BCUT2D eigenvalue weighted by Crippen LogP contribution is 2.26. The van der Waals surface area contributed by atoms with Gasteiger partial charge in [0.2, 0.25) is 11.0 Å². The number of nitrogens with one attached hydrogen (secondary N) is 1. The van der Waals surface area contributed by atoms with Crippen molar-refractivity contribution < 1.29 is 4.79 Å². The molecule has 1 amide bonds. The van der Waals surface area contributed by atoms with Crippen LogP contribution in [0.15, 0.2) is 28.7 Å². The van der Waals surface area contributed by atoms with Gasteiger partial charge in [0.15, 0.2) is 4.34 Å². The highest BCUT2D eigenvalue weighted by molar-refractivity contribution is 8.01. The number of hydrogen-bond donors (Lipinski definition) is 1. The Morgan fingerprint density at radius 1 is 1.40 bits per heavy atom. The van der Waals surface area contributed by atoms with Gasteiger partial charge >= 0.3 is 0 Å². The lowest BCUT2D eigenvalue weighted by molar-refractivity contribution is -0.115. The Kier molecular flexibility index (Phi) is 5.49. The molecule has 0 unspecified atom stereocenters. The summed E-state index contributed by atoms with van der Waals surface area (Å²) in [6.07, 6.45) is 1.92. The second kappa shape index (κ2) is 7.35. The number of nitrogens with zero attached hydrogens (tertiary/aromatic N) is 3. The van der Waals surface area contributed by atoms with Crippen LogP contribution in [0.25, 0.3) is 0 Å². The molecule has 5 nitrogen and oxygen atoms in total. The van der Waals surface area contributed by atoms with E-state index in [4.69, 9.17) is 0 Å².